The van der Waals surface area contributed by atoms with Gasteiger partial charge in [0.1, 0.15) is 5.82 Å². The third-order valence-electron chi connectivity index (χ3n) is 5.16. The van der Waals surface area contributed by atoms with E-state index in [1.165, 1.54) is 5.56 Å². The lowest BCUT2D eigenvalue weighted by Gasteiger charge is -2.24. The van der Waals surface area contributed by atoms with Crippen LogP contribution in [0.5, 0.6) is 11.5 Å². The Morgan fingerprint density at radius 1 is 0.931 bits per heavy atom. The summed E-state index contributed by atoms with van der Waals surface area (Å²) in [6.07, 6.45) is 2.17. The van der Waals surface area contributed by atoms with Gasteiger partial charge in [0.25, 0.3) is 0 Å². The van der Waals surface area contributed by atoms with E-state index in [0.717, 1.165) is 42.0 Å². The lowest BCUT2D eigenvalue weighted by atomic mass is 10.0. The Kier molecular flexibility index (Phi) is 8.35. The molecule has 1 atom stereocenters. The average molecular weight is 422 g/mol. The second-order valence-electron chi connectivity index (χ2n) is 8.28. The number of benzene rings is 2. The van der Waals surface area contributed by atoms with Crippen molar-refractivity contribution in [2.24, 2.45) is 0 Å². The molecule has 0 unspecified atom stereocenters. The number of rotatable bonds is 8. The third-order valence-corrected chi connectivity index (χ3v) is 5.16. The molecule has 0 fully saturated rings. The van der Waals surface area contributed by atoms with Crippen LogP contribution in [0.25, 0.3) is 0 Å². The lowest BCUT2D eigenvalue weighted by molar-refractivity contribution is 0.197. The standard InChI is InChI=1S/C24H32FNO2.ClH/c1-16(2)27-23-12-11-19(13-24(23)28-17(3)4)10-9-18(5)26-14-20-7-6-8-22(25)21(20)15-26;/h6-8,11-13,16-18H,9-10,14-15H2,1-5H3;1H/t18-;/m1./s1. The Morgan fingerprint density at radius 2 is 1.62 bits per heavy atom. The van der Waals surface area contributed by atoms with E-state index in [4.69, 9.17) is 9.47 Å². The summed E-state index contributed by atoms with van der Waals surface area (Å²) in [5.41, 5.74) is 3.22. The van der Waals surface area contributed by atoms with Crippen LogP contribution < -0.4 is 9.47 Å². The van der Waals surface area contributed by atoms with Crippen LogP contribution in [0.1, 0.15) is 57.7 Å². The number of hydrogen-bond acceptors (Lipinski definition) is 3. The molecule has 1 heterocycles. The van der Waals surface area contributed by atoms with Crippen LogP contribution in [0, 0.1) is 5.82 Å². The minimum absolute atomic E-state index is 0. The predicted octanol–water partition coefficient (Wildman–Crippen LogP) is 6.16. The van der Waals surface area contributed by atoms with Gasteiger partial charge in [-0.05, 0) is 76.8 Å². The van der Waals surface area contributed by atoms with Gasteiger partial charge < -0.3 is 9.47 Å². The minimum atomic E-state index is -0.0802. The number of halogens is 2. The molecule has 0 saturated carbocycles. The molecule has 0 aromatic heterocycles. The van der Waals surface area contributed by atoms with Crippen molar-refractivity contribution in [1.29, 1.82) is 0 Å². The Hall–Kier alpha value is -1.78. The van der Waals surface area contributed by atoms with Crippen LogP contribution in [0.4, 0.5) is 4.39 Å². The van der Waals surface area contributed by atoms with E-state index >= 15 is 0 Å². The van der Waals surface area contributed by atoms with Gasteiger partial charge in [-0.15, -0.1) is 12.4 Å². The fourth-order valence-corrected chi connectivity index (χ4v) is 3.68. The molecular weight excluding hydrogens is 389 g/mol. The van der Waals surface area contributed by atoms with Gasteiger partial charge in [0.05, 0.1) is 12.2 Å². The summed E-state index contributed by atoms with van der Waals surface area (Å²) in [5.74, 6) is 1.53. The Morgan fingerprint density at radius 3 is 2.28 bits per heavy atom. The fourth-order valence-electron chi connectivity index (χ4n) is 3.68. The quantitative estimate of drug-likeness (QED) is 0.509. The third kappa shape index (κ3) is 6.10. The number of fused-ring (bicyclic) bond motifs is 1. The molecule has 0 amide bonds. The normalized spacial score (nSPS) is 14.6. The first-order valence-corrected chi connectivity index (χ1v) is 10.3. The minimum Gasteiger partial charge on any atom is -0.487 e. The monoisotopic (exact) mass is 421 g/mol. The molecule has 0 bridgehead atoms. The number of nitrogens with zero attached hydrogens (tertiary/aromatic N) is 1. The zero-order valence-corrected chi connectivity index (χ0v) is 18.9. The van der Waals surface area contributed by atoms with Crippen molar-refractivity contribution in [2.45, 2.75) is 78.8 Å². The molecule has 0 saturated heterocycles. The van der Waals surface area contributed by atoms with Crippen LogP contribution in [0.2, 0.25) is 0 Å². The van der Waals surface area contributed by atoms with Crippen molar-refractivity contribution >= 4 is 12.4 Å². The average Bonchev–Trinajstić information content (AvgIpc) is 3.06. The maximum Gasteiger partial charge on any atom is 0.161 e. The molecule has 160 valence electrons. The smallest absolute Gasteiger partial charge is 0.161 e. The molecule has 0 spiro atoms. The highest BCUT2D eigenvalue weighted by atomic mass is 35.5. The van der Waals surface area contributed by atoms with Crippen molar-refractivity contribution in [1.82, 2.24) is 4.90 Å². The van der Waals surface area contributed by atoms with Gasteiger partial charge in [-0.25, -0.2) is 4.39 Å². The molecule has 5 heteroatoms. The molecule has 0 aliphatic carbocycles. The highest BCUT2D eigenvalue weighted by molar-refractivity contribution is 5.85. The summed E-state index contributed by atoms with van der Waals surface area (Å²) in [4.78, 5) is 2.36. The zero-order valence-electron chi connectivity index (χ0n) is 18.1. The number of ether oxygens (including phenoxy) is 2. The summed E-state index contributed by atoms with van der Waals surface area (Å²) in [7, 11) is 0. The van der Waals surface area contributed by atoms with Gasteiger partial charge in [0.2, 0.25) is 0 Å². The summed E-state index contributed by atoms with van der Waals surface area (Å²) >= 11 is 0. The molecule has 2 aromatic carbocycles. The highest BCUT2D eigenvalue weighted by Crippen LogP contribution is 2.32. The molecule has 1 aliphatic rings. The van der Waals surface area contributed by atoms with E-state index in [9.17, 15) is 4.39 Å². The van der Waals surface area contributed by atoms with Gasteiger partial charge in [-0.1, -0.05) is 18.2 Å². The van der Waals surface area contributed by atoms with E-state index < -0.39 is 0 Å². The second-order valence-corrected chi connectivity index (χ2v) is 8.28. The highest BCUT2D eigenvalue weighted by Gasteiger charge is 2.25. The first-order chi connectivity index (χ1) is 13.3. The van der Waals surface area contributed by atoms with Crippen LogP contribution in [0.15, 0.2) is 36.4 Å². The first kappa shape index (κ1) is 23.5. The summed E-state index contributed by atoms with van der Waals surface area (Å²) in [6.45, 7) is 11.8. The van der Waals surface area contributed by atoms with E-state index in [2.05, 4.69) is 24.0 Å². The predicted molar refractivity (Wildman–Crippen MR) is 119 cm³/mol. The van der Waals surface area contributed by atoms with Gasteiger partial charge >= 0.3 is 0 Å². The van der Waals surface area contributed by atoms with Crippen LogP contribution >= 0.6 is 12.4 Å². The van der Waals surface area contributed by atoms with Crippen LogP contribution in [-0.2, 0) is 19.5 Å². The van der Waals surface area contributed by atoms with Gasteiger partial charge in [0, 0.05) is 24.7 Å². The molecule has 2 aromatic rings. The summed E-state index contributed by atoms with van der Waals surface area (Å²) in [5, 5.41) is 0. The maximum atomic E-state index is 14.0. The zero-order chi connectivity index (χ0) is 20.3. The molecule has 0 N–H and O–H groups in total. The number of aryl methyl sites for hydroxylation is 1. The van der Waals surface area contributed by atoms with Crippen molar-refractivity contribution in [3.05, 3.63) is 58.9 Å². The topological polar surface area (TPSA) is 21.7 Å². The van der Waals surface area contributed by atoms with Crippen molar-refractivity contribution in [3.8, 4) is 11.5 Å². The van der Waals surface area contributed by atoms with Gasteiger partial charge in [0.15, 0.2) is 11.5 Å². The molecule has 3 rings (SSSR count). The van der Waals surface area contributed by atoms with Gasteiger partial charge in [-0.2, -0.15) is 0 Å². The lowest BCUT2D eigenvalue weighted by Crippen LogP contribution is -2.28. The molecule has 29 heavy (non-hydrogen) atoms. The van der Waals surface area contributed by atoms with E-state index in [-0.39, 0.29) is 30.4 Å². The van der Waals surface area contributed by atoms with Crippen molar-refractivity contribution < 1.29 is 13.9 Å². The van der Waals surface area contributed by atoms with E-state index in [1.807, 2.05) is 39.8 Å². The van der Waals surface area contributed by atoms with Gasteiger partial charge in [-0.3, -0.25) is 4.90 Å². The largest absolute Gasteiger partial charge is 0.487 e. The van der Waals surface area contributed by atoms with E-state index in [1.54, 1.807) is 12.1 Å². The van der Waals surface area contributed by atoms with Crippen molar-refractivity contribution in [2.75, 3.05) is 0 Å². The van der Waals surface area contributed by atoms with Crippen LogP contribution in [-0.4, -0.2) is 23.1 Å². The molecular formula is C24H33ClFNO2. The SMILES string of the molecule is CC(C)Oc1ccc(CC[C@@H](C)N2Cc3cccc(F)c3C2)cc1OC(C)C.Cl. The Labute approximate surface area is 180 Å². The molecule has 3 nitrogen and oxygen atoms in total. The first-order valence-electron chi connectivity index (χ1n) is 10.3. The Bertz CT molecular complexity index is 809. The van der Waals surface area contributed by atoms with E-state index in [0.29, 0.717) is 12.6 Å². The molecule has 0 radical (unpaired) electrons. The summed E-state index contributed by atoms with van der Waals surface area (Å²) < 4.78 is 25.9. The summed E-state index contributed by atoms with van der Waals surface area (Å²) in [6, 6.07) is 12.0. The molecule has 1 aliphatic heterocycles. The maximum absolute atomic E-state index is 14.0. The van der Waals surface area contributed by atoms with Crippen LogP contribution in [0.3, 0.4) is 0 Å². The fraction of sp³-hybridized carbons (Fsp3) is 0.500. The second kappa shape index (κ2) is 10.3. The Balaban J connectivity index is 0.00000300. The number of hydrogen-bond donors (Lipinski definition) is 0. The van der Waals surface area contributed by atoms with Crippen molar-refractivity contribution in [3.63, 3.8) is 0 Å².